The molecule has 0 spiro atoms. The van der Waals surface area contributed by atoms with Crippen molar-refractivity contribution < 1.29 is 0 Å². The van der Waals surface area contributed by atoms with Gasteiger partial charge in [0.2, 0.25) is 0 Å². The smallest absolute Gasteiger partial charge is 0.0104 e. The zero-order chi connectivity index (χ0) is 27.8. The summed E-state index contributed by atoms with van der Waals surface area (Å²) in [6.45, 7) is 30.7. The van der Waals surface area contributed by atoms with Crippen molar-refractivity contribution in [3.05, 3.63) is 102 Å². The van der Waals surface area contributed by atoms with Crippen molar-refractivity contribution in [3.63, 3.8) is 0 Å². The van der Waals surface area contributed by atoms with Crippen molar-refractivity contribution in [2.45, 2.75) is 94.9 Å². The molecule has 200 valence electrons. The molecule has 0 aromatic heterocycles. The fourth-order valence-electron chi connectivity index (χ4n) is 5.07. The van der Waals surface area contributed by atoms with Crippen LogP contribution in [-0.2, 0) is 0 Å². The molecule has 0 aromatic carbocycles. The SMILES string of the molecule is C=C/C=C\C(=C/C)C(CC(CC(C)(C)C)C(/C=C\C=C)=C/C)CC(/C(C=C=CC)=C/CC)C(C)(C)C. The molecule has 0 saturated heterocycles. The topological polar surface area (TPSA) is 0 Å². The van der Waals surface area contributed by atoms with Crippen molar-refractivity contribution in [2.75, 3.05) is 0 Å². The minimum Gasteiger partial charge on any atom is -0.125 e. The molecular weight excluding hydrogens is 432 g/mol. The van der Waals surface area contributed by atoms with Gasteiger partial charge >= 0.3 is 0 Å². The standard InChI is InChI=1S/C36H56/c1-13-19-23-29(17-5)32(26-33(28-35(7,8)9)30(18-6)24-20-14-2)27-34(36(10,11)12)31(22-16-4)25-21-15-3/h13-15,17-20,22-25,32-34H,1-2,16,26-28H2,3-12H3/b23-19-,24-20-,29-17+,30-18+,31-22+. The Labute approximate surface area is 225 Å². The van der Waals surface area contributed by atoms with Gasteiger partial charge < -0.3 is 0 Å². The highest BCUT2D eigenvalue weighted by molar-refractivity contribution is 5.30. The Bertz CT molecular complexity index is 873. The maximum Gasteiger partial charge on any atom is -0.0104 e. The van der Waals surface area contributed by atoms with E-state index in [0.29, 0.717) is 17.8 Å². The van der Waals surface area contributed by atoms with Crippen LogP contribution < -0.4 is 0 Å². The molecule has 0 rings (SSSR count). The summed E-state index contributed by atoms with van der Waals surface area (Å²) in [6.07, 6.45) is 28.1. The molecule has 0 aliphatic rings. The normalized spacial score (nSPS) is 16.6. The second-order valence-electron chi connectivity index (χ2n) is 12.0. The molecule has 0 radical (unpaired) electrons. The molecular formula is C36H56. The maximum absolute atomic E-state index is 3.93. The molecule has 3 unspecified atom stereocenters. The van der Waals surface area contributed by atoms with Crippen LogP contribution in [0.5, 0.6) is 0 Å². The van der Waals surface area contributed by atoms with Crippen LogP contribution in [-0.4, -0.2) is 0 Å². The molecule has 0 aromatic rings. The van der Waals surface area contributed by atoms with E-state index in [0.717, 1.165) is 25.7 Å². The summed E-state index contributed by atoms with van der Waals surface area (Å²) in [5.41, 5.74) is 7.96. The summed E-state index contributed by atoms with van der Waals surface area (Å²) in [7, 11) is 0. The van der Waals surface area contributed by atoms with Crippen LogP contribution in [0.25, 0.3) is 0 Å². The van der Waals surface area contributed by atoms with Crippen molar-refractivity contribution in [1.29, 1.82) is 0 Å². The number of rotatable bonds is 14. The van der Waals surface area contributed by atoms with Gasteiger partial charge in [-0.25, -0.2) is 0 Å². The Morgan fingerprint density at radius 3 is 1.69 bits per heavy atom. The lowest BCUT2D eigenvalue weighted by molar-refractivity contribution is 0.222. The summed E-state index contributed by atoms with van der Waals surface area (Å²) in [5, 5.41) is 0. The van der Waals surface area contributed by atoms with Gasteiger partial charge in [-0.15, -0.1) is 5.73 Å². The Balaban J connectivity index is 6.81. The number of hydrogen-bond acceptors (Lipinski definition) is 0. The predicted molar refractivity (Wildman–Crippen MR) is 166 cm³/mol. The van der Waals surface area contributed by atoms with Crippen molar-refractivity contribution in [3.8, 4) is 0 Å². The van der Waals surface area contributed by atoms with E-state index < -0.39 is 0 Å². The maximum atomic E-state index is 3.93. The van der Waals surface area contributed by atoms with Crippen molar-refractivity contribution >= 4 is 0 Å². The van der Waals surface area contributed by atoms with Gasteiger partial charge in [-0.3, -0.25) is 0 Å². The monoisotopic (exact) mass is 488 g/mol. The highest BCUT2D eigenvalue weighted by Gasteiger charge is 2.32. The molecule has 3 atom stereocenters. The largest absolute Gasteiger partial charge is 0.125 e. The van der Waals surface area contributed by atoms with E-state index in [-0.39, 0.29) is 10.8 Å². The van der Waals surface area contributed by atoms with Crippen LogP contribution in [0.4, 0.5) is 0 Å². The molecule has 0 N–H and O–H groups in total. The van der Waals surface area contributed by atoms with Gasteiger partial charge in [0.1, 0.15) is 0 Å². The first-order valence-electron chi connectivity index (χ1n) is 13.9. The summed E-state index contributed by atoms with van der Waals surface area (Å²) < 4.78 is 0. The molecule has 0 bridgehead atoms. The highest BCUT2D eigenvalue weighted by atomic mass is 14.4. The third-order valence-corrected chi connectivity index (χ3v) is 6.71. The fraction of sp³-hybridized carbons (Fsp3) is 0.528. The van der Waals surface area contributed by atoms with E-state index in [1.165, 1.54) is 16.7 Å². The average molecular weight is 489 g/mol. The third kappa shape index (κ3) is 13.1. The molecule has 0 aliphatic carbocycles. The highest BCUT2D eigenvalue weighted by Crippen LogP contribution is 2.43. The number of allylic oxidation sites excluding steroid dienone is 13. The van der Waals surface area contributed by atoms with Gasteiger partial charge in [0, 0.05) is 0 Å². The zero-order valence-corrected chi connectivity index (χ0v) is 25.3. The molecule has 0 nitrogen and oxygen atoms in total. The van der Waals surface area contributed by atoms with E-state index in [1.54, 1.807) is 0 Å². The first kappa shape index (κ1) is 33.7. The van der Waals surface area contributed by atoms with Crippen molar-refractivity contribution in [1.82, 2.24) is 0 Å². The fourth-order valence-corrected chi connectivity index (χ4v) is 5.07. The third-order valence-electron chi connectivity index (χ3n) is 6.71. The van der Waals surface area contributed by atoms with Gasteiger partial charge in [0.25, 0.3) is 0 Å². The Kier molecular flexibility index (Phi) is 16.1. The lowest BCUT2D eigenvalue weighted by atomic mass is 9.67. The van der Waals surface area contributed by atoms with Crippen LogP contribution in [0, 0.1) is 28.6 Å². The van der Waals surface area contributed by atoms with Gasteiger partial charge in [-0.1, -0.05) is 116 Å². The molecule has 36 heavy (non-hydrogen) atoms. The van der Waals surface area contributed by atoms with Gasteiger partial charge in [-0.2, -0.15) is 0 Å². The average Bonchev–Trinajstić information content (AvgIpc) is 2.79. The summed E-state index contributed by atoms with van der Waals surface area (Å²) in [5.74, 6) is 1.32. The van der Waals surface area contributed by atoms with E-state index in [4.69, 9.17) is 0 Å². The second-order valence-corrected chi connectivity index (χ2v) is 12.0. The second kappa shape index (κ2) is 17.2. The number of hydrogen-bond donors (Lipinski definition) is 0. The first-order chi connectivity index (χ1) is 16.9. The zero-order valence-electron chi connectivity index (χ0n) is 25.3. The Morgan fingerprint density at radius 2 is 1.31 bits per heavy atom. The Morgan fingerprint density at radius 1 is 0.778 bits per heavy atom. The van der Waals surface area contributed by atoms with Crippen LogP contribution in [0.2, 0.25) is 0 Å². The van der Waals surface area contributed by atoms with Gasteiger partial charge in [0.05, 0.1) is 0 Å². The molecule has 0 heteroatoms. The summed E-state index contributed by atoms with van der Waals surface area (Å²) in [6, 6.07) is 0. The van der Waals surface area contributed by atoms with E-state index >= 15 is 0 Å². The van der Waals surface area contributed by atoms with Crippen LogP contribution in [0.3, 0.4) is 0 Å². The summed E-state index contributed by atoms with van der Waals surface area (Å²) >= 11 is 0. The predicted octanol–water partition coefficient (Wildman–Crippen LogP) is 11.5. The van der Waals surface area contributed by atoms with Crippen molar-refractivity contribution in [2.24, 2.45) is 28.6 Å². The van der Waals surface area contributed by atoms with Crippen LogP contribution in [0.1, 0.15) is 94.9 Å². The Hall–Kier alpha value is -2.30. The van der Waals surface area contributed by atoms with Gasteiger partial charge in [-0.05, 0) is 104 Å². The van der Waals surface area contributed by atoms with E-state index in [9.17, 15) is 0 Å². The minimum absolute atomic E-state index is 0.137. The lowest BCUT2D eigenvalue weighted by Gasteiger charge is -2.37. The minimum atomic E-state index is 0.137. The lowest BCUT2D eigenvalue weighted by Crippen LogP contribution is -2.27. The van der Waals surface area contributed by atoms with E-state index in [1.807, 2.05) is 25.2 Å². The van der Waals surface area contributed by atoms with Crippen LogP contribution >= 0.6 is 0 Å². The molecule has 0 heterocycles. The molecule has 0 amide bonds. The summed E-state index contributed by atoms with van der Waals surface area (Å²) in [4.78, 5) is 0. The van der Waals surface area contributed by atoms with Crippen LogP contribution in [0.15, 0.2) is 102 Å². The molecule has 0 aliphatic heterocycles. The van der Waals surface area contributed by atoms with E-state index in [2.05, 4.69) is 130 Å². The van der Waals surface area contributed by atoms with Gasteiger partial charge in [0.15, 0.2) is 0 Å². The first-order valence-corrected chi connectivity index (χ1v) is 13.9. The molecule has 0 fully saturated rings. The quantitative estimate of drug-likeness (QED) is 0.168. The molecule has 0 saturated carbocycles.